The monoisotopic (exact) mass is 302 g/mol. The molecule has 1 aromatic heterocycles. The summed E-state index contributed by atoms with van der Waals surface area (Å²) in [6.07, 6.45) is 1.82. The first-order valence-corrected chi connectivity index (χ1v) is 6.83. The topological polar surface area (TPSA) is 20.7 Å². The van der Waals surface area contributed by atoms with E-state index in [0.29, 0.717) is 16.9 Å². The zero-order valence-electron chi connectivity index (χ0n) is 11.0. The first-order chi connectivity index (χ1) is 10.1. The number of rotatable bonds is 3. The van der Waals surface area contributed by atoms with Crippen LogP contribution in [0.1, 0.15) is 5.56 Å². The Balaban J connectivity index is 2.01. The van der Waals surface area contributed by atoms with E-state index in [4.69, 9.17) is 12.2 Å². The van der Waals surface area contributed by atoms with E-state index in [1.807, 2.05) is 41.1 Å². The molecule has 5 heteroatoms. The minimum absolute atomic E-state index is 0.379. The van der Waals surface area contributed by atoms with E-state index in [1.165, 1.54) is 6.07 Å². The summed E-state index contributed by atoms with van der Waals surface area (Å²) in [5.41, 5.74) is 2.57. The lowest BCUT2D eigenvalue weighted by Gasteiger charge is -2.09. The van der Waals surface area contributed by atoms with Crippen molar-refractivity contribution in [2.75, 3.05) is 0 Å². The molecule has 0 radical (unpaired) electrons. The van der Waals surface area contributed by atoms with Crippen LogP contribution in [-0.2, 0) is 6.54 Å². The molecule has 0 bridgehead atoms. The third-order valence-electron chi connectivity index (χ3n) is 3.26. The lowest BCUT2D eigenvalue weighted by Crippen LogP contribution is -2.03. The number of hydrogen-bond donors (Lipinski definition) is 1. The molecule has 0 spiro atoms. The van der Waals surface area contributed by atoms with E-state index < -0.39 is 11.6 Å². The second kappa shape index (κ2) is 5.61. The van der Waals surface area contributed by atoms with Gasteiger partial charge >= 0.3 is 0 Å². The lowest BCUT2D eigenvalue weighted by molar-refractivity contribution is 0.506. The number of hydrogen-bond acceptors (Lipinski definition) is 1. The molecule has 0 fully saturated rings. The highest BCUT2D eigenvalue weighted by molar-refractivity contribution is 7.71. The van der Waals surface area contributed by atoms with Gasteiger partial charge in [-0.25, -0.2) is 8.78 Å². The molecule has 3 aromatic rings. The molecule has 0 amide bonds. The van der Waals surface area contributed by atoms with Gasteiger partial charge in [0, 0.05) is 6.20 Å². The molecule has 0 aliphatic carbocycles. The first kappa shape index (κ1) is 13.7. The van der Waals surface area contributed by atoms with E-state index in [-0.39, 0.29) is 0 Å². The van der Waals surface area contributed by atoms with Crippen LogP contribution >= 0.6 is 12.2 Å². The number of benzene rings is 2. The molecule has 0 atom stereocenters. The molecule has 3 rings (SSSR count). The number of aromatic nitrogens is 2. The zero-order chi connectivity index (χ0) is 14.8. The molecule has 0 unspecified atom stereocenters. The second-order valence-corrected chi connectivity index (χ2v) is 5.07. The Labute approximate surface area is 125 Å². The molecule has 0 aliphatic rings. The van der Waals surface area contributed by atoms with E-state index in [1.54, 1.807) is 6.07 Å². The third kappa shape index (κ3) is 2.78. The van der Waals surface area contributed by atoms with Crippen molar-refractivity contribution in [3.63, 3.8) is 0 Å². The minimum Gasteiger partial charge on any atom is -0.337 e. The van der Waals surface area contributed by atoms with Crippen LogP contribution in [0.15, 0.2) is 54.7 Å². The average Bonchev–Trinajstić information content (AvgIpc) is 2.85. The van der Waals surface area contributed by atoms with E-state index in [0.717, 1.165) is 17.3 Å². The molecule has 106 valence electrons. The van der Waals surface area contributed by atoms with Crippen LogP contribution in [0.4, 0.5) is 8.78 Å². The fraction of sp³-hybridized carbons (Fsp3) is 0.0625. The summed E-state index contributed by atoms with van der Waals surface area (Å²) < 4.78 is 28.7. The normalized spacial score (nSPS) is 10.8. The van der Waals surface area contributed by atoms with Crippen LogP contribution < -0.4 is 0 Å². The maximum atomic E-state index is 13.3. The van der Waals surface area contributed by atoms with E-state index in [9.17, 15) is 8.78 Å². The van der Waals surface area contributed by atoms with Gasteiger partial charge in [0.15, 0.2) is 16.4 Å². The standard InChI is InChI=1S/C16H12F2N2S/c17-13-7-6-11(8-14(13)18)10-20-15(9-19-16(20)21)12-4-2-1-3-5-12/h1-9H,10H2,(H,19,21). The highest BCUT2D eigenvalue weighted by atomic mass is 32.1. The molecule has 21 heavy (non-hydrogen) atoms. The molecule has 0 saturated heterocycles. The van der Waals surface area contributed by atoms with Gasteiger partial charge in [0.05, 0.1) is 12.2 Å². The Morgan fingerprint density at radius 3 is 2.48 bits per heavy atom. The molecule has 0 aliphatic heterocycles. The summed E-state index contributed by atoms with van der Waals surface area (Å²) in [6, 6.07) is 13.6. The van der Waals surface area contributed by atoms with Gasteiger partial charge in [0.2, 0.25) is 0 Å². The summed E-state index contributed by atoms with van der Waals surface area (Å²) in [7, 11) is 0. The van der Waals surface area contributed by atoms with Gasteiger partial charge in [-0.3, -0.25) is 0 Å². The second-order valence-electron chi connectivity index (χ2n) is 4.68. The van der Waals surface area contributed by atoms with Gasteiger partial charge in [-0.15, -0.1) is 0 Å². The van der Waals surface area contributed by atoms with Crippen molar-refractivity contribution in [2.45, 2.75) is 6.54 Å². The average molecular weight is 302 g/mol. The first-order valence-electron chi connectivity index (χ1n) is 6.43. The van der Waals surface area contributed by atoms with Crippen LogP contribution in [0.5, 0.6) is 0 Å². The lowest BCUT2D eigenvalue weighted by atomic mass is 10.1. The fourth-order valence-corrected chi connectivity index (χ4v) is 2.44. The predicted octanol–water partition coefficient (Wildman–Crippen LogP) is 4.54. The van der Waals surface area contributed by atoms with Gasteiger partial charge in [-0.05, 0) is 35.5 Å². The molecule has 1 N–H and O–H groups in total. The van der Waals surface area contributed by atoms with Crippen molar-refractivity contribution in [1.82, 2.24) is 9.55 Å². The SMILES string of the molecule is Fc1ccc(Cn2c(-c3ccccc3)c[nH]c2=S)cc1F. The van der Waals surface area contributed by atoms with Gasteiger partial charge in [-0.1, -0.05) is 36.4 Å². The Morgan fingerprint density at radius 1 is 1.00 bits per heavy atom. The minimum atomic E-state index is -0.851. The number of imidazole rings is 1. The molecular weight excluding hydrogens is 290 g/mol. The van der Waals surface area contributed by atoms with Crippen molar-refractivity contribution in [1.29, 1.82) is 0 Å². The zero-order valence-corrected chi connectivity index (χ0v) is 11.8. The summed E-state index contributed by atoms with van der Waals surface area (Å²) >= 11 is 5.27. The van der Waals surface area contributed by atoms with Crippen molar-refractivity contribution >= 4 is 12.2 Å². The van der Waals surface area contributed by atoms with Crippen molar-refractivity contribution in [3.8, 4) is 11.3 Å². The number of aromatic amines is 1. The van der Waals surface area contributed by atoms with Gasteiger partial charge in [0.25, 0.3) is 0 Å². The Bertz CT molecular complexity index is 822. The smallest absolute Gasteiger partial charge is 0.177 e. The van der Waals surface area contributed by atoms with Crippen LogP contribution in [-0.4, -0.2) is 9.55 Å². The number of halogens is 2. The Morgan fingerprint density at radius 2 is 1.76 bits per heavy atom. The maximum absolute atomic E-state index is 13.3. The number of nitrogens with one attached hydrogen (secondary N) is 1. The largest absolute Gasteiger partial charge is 0.337 e. The summed E-state index contributed by atoms with van der Waals surface area (Å²) in [5.74, 6) is -1.70. The highest BCUT2D eigenvalue weighted by Gasteiger charge is 2.09. The number of H-pyrrole nitrogens is 1. The van der Waals surface area contributed by atoms with Gasteiger partial charge in [-0.2, -0.15) is 0 Å². The molecule has 0 saturated carbocycles. The van der Waals surface area contributed by atoms with Crippen LogP contribution in [0, 0.1) is 16.4 Å². The predicted molar refractivity (Wildman–Crippen MR) is 80.5 cm³/mol. The molecule has 2 aromatic carbocycles. The van der Waals surface area contributed by atoms with Crippen LogP contribution in [0.25, 0.3) is 11.3 Å². The van der Waals surface area contributed by atoms with Gasteiger partial charge < -0.3 is 9.55 Å². The summed E-state index contributed by atoms with van der Waals surface area (Å²) in [6.45, 7) is 0.379. The maximum Gasteiger partial charge on any atom is 0.177 e. The highest BCUT2D eigenvalue weighted by Crippen LogP contribution is 2.21. The number of nitrogens with zero attached hydrogens (tertiary/aromatic N) is 1. The Kier molecular flexibility index (Phi) is 3.66. The van der Waals surface area contributed by atoms with Crippen LogP contribution in [0.3, 0.4) is 0 Å². The molecule has 1 heterocycles. The molecule has 2 nitrogen and oxygen atoms in total. The van der Waals surface area contributed by atoms with Crippen molar-refractivity contribution in [2.24, 2.45) is 0 Å². The summed E-state index contributed by atoms with van der Waals surface area (Å²) in [5, 5.41) is 0. The van der Waals surface area contributed by atoms with Crippen molar-refractivity contribution in [3.05, 3.63) is 76.7 Å². The summed E-state index contributed by atoms with van der Waals surface area (Å²) in [4.78, 5) is 2.99. The third-order valence-corrected chi connectivity index (χ3v) is 3.60. The quantitative estimate of drug-likeness (QED) is 0.704. The van der Waals surface area contributed by atoms with Gasteiger partial charge in [0.1, 0.15) is 0 Å². The van der Waals surface area contributed by atoms with E-state index in [2.05, 4.69) is 4.98 Å². The van der Waals surface area contributed by atoms with E-state index >= 15 is 0 Å². The van der Waals surface area contributed by atoms with Crippen molar-refractivity contribution < 1.29 is 8.78 Å². The molecular formula is C16H12F2N2S. The van der Waals surface area contributed by atoms with Crippen LogP contribution in [0.2, 0.25) is 0 Å². The Hall–Kier alpha value is -2.27. The fourth-order valence-electron chi connectivity index (χ4n) is 2.22.